The molecule has 2 saturated heterocycles. The SMILES string of the molecule is Cc1cc2ccccc2n1CC(=O)N1C[C@H]2COCC[C@@]2(C(=O)O)C1. The largest absolute Gasteiger partial charge is 0.481 e. The molecule has 1 aromatic carbocycles. The van der Waals surface area contributed by atoms with E-state index in [4.69, 9.17) is 4.74 Å². The van der Waals surface area contributed by atoms with E-state index >= 15 is 0 Å². The normalized spacial score (nSPS) is 26.0. The Morgan fingerprint density at radius 2 is 2.16 bits per heavy atom. The third-order valence-corrected chi connectivity index (χ3v) is 5.80. The van der Waals surface area contributed by atoms with E-state index in [1.165, 1.54) is 0 Å². The molecule has 4 rings (SSSR count). The molecule has 2 atom stereocenters. The standard InChI is InChI=1S/C19H22N2O4/c1-13-8-14-4-2-3-5-16(14)21(13)10-17(22)20-9-15-11-25-7-6-19(15,12-20)18(23)24/h2-5,8,15H,6-7,9-12H2,1H3,(H,23,24)/t15-,19+/m0/s1. The molecule has 1 N–H and O–H groups in total. The minimum Gasteiger partial charge on any atom is -0.481 e. The number of hydrogen-bond acceptors (Lipinski definition) is 3. The zero-order chi connectivity index (χ0) is 17.6. The number of carbonyl (C=O) groups is 2. The van der Waals surface area contributed by atoms with Gasteiger partial charge in [-0.15, -0.1) is 0 Å². The first-order valence-electron chi connectivity index (χ1n) is 8.65. The van der Waals surface area contributed by atoms with E-state index in [0.29, 0.717) is 26.2 Å². The van der Waals surface area contributed by atoms with Crippen molar-refractivity contribution in [2.45, 2.75) is 19.9 Å². The number of para-hydroxylation sites is 1. The van der Waals surface area contributed by atoms with Crippen molar-refractivity contribution in [3.8, 4) is 0 Å². The lowest BCUT2D eigenvalue weighted by molar-refractivity contribution is -0.157. The number of carbonyl (C=O) groups excluding carboxylic acids is 1. The molecule has 0 bridgehead atoms. The van der Waals surface area contributed by atoms with Crippen molar-refractivity contribution in [2.24, 2.45) is 11.3 Å². The van der Waals surface area contributed by atoms with Gasteiger partial charge in [-0.3, -0.25) is 9.59 Å². The number of carboxylic acid groups (broad SMARTS) is 1. The number of aliphatic carboxylic acids is 1. The van der Waals surface area contributed by atoms with Crippen LogP contribution in [0.15, 0.2) is 30.3 Å². The van der Waals surface area contributed by atoms with E-state index in [1.54, 1.807) is 4.90 Å². The van der Waals surface area contributed by atoms with Gasteiger partial charge in [0.05, 0.1) is 12.0 Å². The van der Waals surface area contributed by atoms with Crippen LogP contribution in [0.4, 0.5) is 0 Å². The molecule has 0 aliphatic carbocycles. The molecule has 132 valence electrons. The van der Waals surface area contributed by atoms with E-state index in [2.05, 4.69) is 6.07 Å². The molecule has 6 heteroatoms. The maximum absolute atomic E-state index is 12.9. The molecule has 2 aliphatic rings. The van der Waals surface area contributed by atoms with Gasteiger partial charge in [0, 0.05) is 36.8 Å². The molecule has 2 aliphatic heterocycles. The number of fused-ring (bicyclic) bond motifs is 2. The summed E-state index contributed by atoms with van der Waals surface area (Å²) in [6.07, 6.45) is 0.474. The van der Waals surface area contributed by atoms with E-state index in [0.717, 1.165) is 16.6 Å². The summed E-state index contributed by atoms with van der Waals surface area (Å²) in [4.78, 5) is 26.5. The maximum atomic E-state index is 12.9. The number of hydrogen-bond donors (Lipinski definition) is 1. The zero-order valence-electron chi connectivity index (χ0n) is 14.3. The van der Waals surface area contributed by atoms with Crippen molar-refractivity contribution in [1.82, 2.24) is 9.47 Å². The predicted molar refractivity (Wildman–Crippen MR) is 92.2 cm³/mol. The van der Waals surface area contributed by atoms with Crippen LogP contribution in [0.2, 0.25) is 0 Å². The smallest absolute Gasteiger partial charge is 0.311 e. The molecule has 25 heavy (non-hydrogen) atoms. The first-order valence-corrected chi connectivity index (χ1v) is 8.65. The second kappa shape index (κ2) is 5.88. The van der Waals surface area contributed by atoms with Gasteiger partial charge in [0.1, 0.15) is 6.54 Å². The number of ether oxygens (including phenoxy) is 1. The lowest BCUT2D eigenvalue weighted by Crippen LogP contribution is -2.45. The van der Waals surface area contributed by atoms with E-state index < -0.39 is 11.4 Å². The topological polar surface area (TPSA) is 71.8 Å². The Morgan fingerprint density at radius 3 is 2.92 bits per heavy atom. The number of rotatable bonds is 3. The van der Waals surface area contributed by atoms with Crippen molar-refractivity contribution in [3.63, 3.8) is 0 Å². The van der Waals surface area contributed by atoms with Crippen LogP contribution >= 0.6 is 0 Å². The van der Waals surface area contributed by atoms with E-state index in [1.807, 2.05) is 35.8 Å². The van der Waals surface area contributed by atoms with Crippen LogP contribution in [0, 0.1) is 18.3 Å². The van der Waals surface area contributed by atoms with Crippen molar-refractivity contribution in [3.05, 3.63) is 36.0 Å². The summed E-state index contributed by atoms with van der Waals surface area (Å²) in [5.41, 5.74) is 1.21. The number of benzene rings is 1. The second-order valence-electron chi connectivity index (χ2n) is 7.19. The quantitative estimate of drug-likeness (QED) is 0.925. The summed E-state index contributed by atoms with van der Waals surface area (Å²) >= 11 is 0. The fraction of sp³-hybridized carbons (Fsp3) is 0.474. The van der Waals surface area contributed by atoms with Crippen molar-refractivity contribution < 1.29 is 19.4 Å². The first-order chi connectivity index (χ1) is 12.0. The molecule has 0 saturated carbocycles. The summed E-state index contributed by atoms with van der Waals surface area (Å²) in [5.74, 6) is -0.955. The fourth-order valence-corrected chi connectivity index (χ4v) is 4.28. The van der Waals surface area contributed by atoms with Crippen LogP contribution in [0.25, 0.3) is 10.9 Å². The Labute approximate surface area is 146 Å². The monoisotopic (exact) mass is 342 g/mol. The average molecular weight is 342 g/mol. The predicted octanol–water partition coefficient (Wildman–Crippen LogP) is 1.90. The minimum atomic E-state index is -0.846. The summed E-state index contributed by atoms with van der Waals surface area (Å²) in [6, 6.07) is 10.1. The number of nitrogens with zero attached hydrogens (tertiary/aromatic N) is 2. The maximum Gasteiger partial charge on any atom is 0.311 e. The van der Waals surface area contributed by atoms with Gasteiger partial charge < -0.3 is 19.3 Å². The van der Waals surface area contributed by atoms with Crippen LogP contribution in [-0.4, -0.2) is 52.8 Å². The molecule has 0 unspecified atom stereocenters. The van der Waals surface area contributed by atoms with Crippen LogP contribution in [-0.2, 0) is 20.9 Å². The minimum absolute atomic E-state index is 0.0283. The van der Waals surface area contributed by atoms with Crippen molar-refractivity contribution in [2.75, 3.05) is 26.3 Å². The molecular formula is C19H22N2O4. The van der Waals surface area contributed by atoms with Gasteiger partial charge >= 0.3 is 5.97 Å². The number of aromatic nitrogens is 1. The number of amides is 1. The number of aryl methyl sites for hydroxylation is 1. The Hall–Kier alpha value is -2.34. The van der Waals surface area contributed by atoms with Crippen molar-refractivity contribution >= 4 is 22.8 Å². The van der Waals surface area contributed by atoms with Gasteiger partial charge in [0.2, 0.25) is 5.91 Å². The fourth-order valence-electron chi connectivity index (χ4n) is 4.28. The molecule has 1 aromatic heterocycles. The molecular weight excluding hydrogens is 320 g/mol. The van der Waals surface area contributed by atoms with Gasteiger partial charge in [-0.1, -0.05) is 18.2 Å². The molecule has 1 amide bonds. The molecule has 3 heterocycles. The molecule has 0 radical (unpaired) electrons. The number of likely N-dealkylation sites (tertiary alicyclic amines) is 1. The molecule has 2 aromatic rings. The van der Waals surface area contributed by atoms with Gasteiger partial charge in [-0.2, -0.15) is 0 Å². The van der Waals surface area contributed by atoms with Crippen LogP contribution in [0.5, 0.6) is 0 Å². The zero-order valence-corrected chi connectivity index (χ0v) is 14.3. The Morgan fingerprint density at radius 1 is 1.36 bits per heavy atom. The highest BCUT2D eigenvalue weighted by Crippen LogP contribution is 2.42. The average Bonchev–Trinajstić information content (AvgIpc) is 3.14. The summed E-state index contributed by atoms with van der Waals surface area (Å²) < 4.78 is 7.47. The molecule has 0 spiro atoms. The highest BCUT2D eigenvalue weighted by Gasteiger charge is 2.54. The van der Waals surface area contributed by atoms with E-state index in [-0.39, 0.29) is 24.9 Å². The van der Waals surface area contributed by atoms with Gasteiger partial charge in [-0.05, 0) is 30.9 Å². The lowest BCUT2D eigenvalue weighted by Gasteiger charge is -2.33. The summed E-state index contributed by atoms with van der Waals surface area (Å²) in [6.45, 7) is 3.84. The Bertz CT molecular complexity index is 843. The van der Waals surface area contributed by atoms with Crippen LogP contribution in [0.3, 0.4) is 0 Å². The second-order valence-corrected chi connectivity index (χ2v) is 7.19. The third-order valence-electron chi connectivity index (χ3n) is 5.80. The number of carboxylic acids is 1. The van der Waals surface area contributed by atoms with Crippen molar-refractivity contribution in [1.29, 1.82) is 0 Å². The Kier molecular flexibility index (Phi) is 3.80. The third kappa shape index (κ3) is 2.52. The lowest BCUT2D eigenvalue weighted by atomic mass is 9.74. The molecule has 2 fully saturated rings. The summed E-state index contributed by atoms with van der Waals surface area (Å²) in [5, 5.41) is 10.9. The van der Waals surface area contributed by atoms with Gasteiger partial charge in [0.25, 0.3) is 0 Å². The molecule has 6 nitrogen and oxygen atoms in total. The Balaban J connectivity index is 1.57. The summed E-state index contributed by atoms with van der Waals surface area (Å²) in [7, 11) is 0. The highest BCUT2D eigenvalue weighted by molar-refractivity contribution is 5.85. The first kappa shape index (κ1) is 16.1. The van der Waals surface area contributed by atoms with Gasteiger partial charge in [0.15, 0.2) is 0 Å². The van der Waals surface area contributed by atoms with Gasteiger partial charge in [-0.25, -0.2) is 0 Å². The van der Waals surface area contributed by atoms with E-state index in [9.17, 15) is 14.7 Å². The van der Waals surface area contributed by atoms with Crippen LogP contribution in [0.1, 0.15) is 12.1 Å². The van der Waals surface area contributed by atoms with Crippen LogP contribution < -0.4 is 0 Å². The highest BCUT2D eigenvalue weighted by atomic mass is 16.5.